The number of hydrogen-bond acceptors (Lipinski definition) is 3. The van der Waals surface area contributed by atoms with Crippen LogP contribution in [0.25, 0.3) is 0 Å². The van der Waals surface area contributed by atoms with E-state index in [2.05, 4.69) is 5.32 Å². The summed E-state index contributed by atoms with van der Waals surface area (Å²) in [6, 6.07) is -0.197. The Balaban J connectivity index is 2.47. The summed E-state index contributed by atoms with van der Waals surface area (Å²) >= 11 is 0. The average molecular weight is 300 g/mol. The van der Waals surface area contributed by atoms with Crippen LogP contribution in [0.5, 0.6) is 0 Å². The van der Waals surface area contributed by atoms with Crippen molar-refractivity contribution in [2.75, 3.05) is 26.2 Å². The number of carboxylic acids is 1. The largest absolute Gasteiger partial charge is 0.481 e. The van der Waals surface area contributed by atoms with Gasteiger partial charge >= 0.3 is 12.0 Å². The molecule has 0 bridgehead atoms. The molecule has 2 unspecified atom stereocenters. The van der Waals surface area contributed by atoms with E-state index >= 15 is 0 Å². The van der Waals surface area contributed by atoms with Crippen molar-refractivity contribution < 1.29 is 19.4 Å². The van der Waals surface area contributed by atoms with Crippen LogP contribution < -0.4 is 5.32 Å². The van der Waals surface area contributed by atoms with E-state index < -0.39 is 11.9 Å². The molecule has 21 heavy (non-hydrogen) atoms. The number of carbonyl (C=O) groups is 2. The monoisotopic (exact) mass is 300 g/mol. The molecular formula is C15H28N2O4. The number of urea groups is 1. The molecule has 0 aliphatic carbocycles. The molecule has 6 heteroatoms. The summed E-state index contributed by atoms with van der Waals surface area (Å²) in [5, 5.41) is 12.0. The van der Waals surface area contributed by atoms with Gasteiger partial charge in [0.25, 0.3) is 0 Å². The molecule has 2 atom stereocenters. The van der Waals surface area contributed by atoms with Gasteiger partial charge in [-0.15, -0.1) is 0 Å². The van der Waals surface area contributed by atoms with Crippen LogP contribution in [0.2, 0.25) is 0 Å². The molecule has 0 aromatic heterocycles. The summed E-state index contributed by atoms with van der Waals surface area (Å²) in [4.78, 5) is 25.1. The lowest BCUT2D eigenvalue weighted by Gasteiger charge is -2.33. The Morgan fingerprint density at radius 3 is 2.62 bits per heavy atom. The minimum Gasteiger partial charge on any atom is -0.481 e. The maximum absolute atomic E-state index is 12.1. The van der Waals surface area contributed by atoms with Crippen molar-refractivity contribution in [3.8, 4) is 0 Å². The number of hydrogen-bond donors (Lipinski definition) is 2. The zero-order chi connectivity index (χ0) is 16.0. The third-order valence-electron chi connectivity index (χ3n) is 3.59. The summed E-state index contributed by atoms with van der Waals surface area (Å²) in [6.07, 6.45) is 1.48. The van der Waals surface area contributed by atoms with Crippen LogP contribution in [0, 0.1) is 11.3 Å². The Labute approximate surface area is 126 Å². The average Bonchev–Trinajstić information content (AvgIpc) is 2.41. The predicted octanol–water partition coefficient (Wildman–Crippen LogP) is 1.94. The number of nitrogens with one attached hydrogen (secondary N) is 1. The molecule has 2 N–H and O–H groups in total. The van der Waals surface area contributed by atoms with E-state index in [0.717, 1.165) is 6.42 Å². The number of morpholine rings is 1. The van der Waals surface area contributed by atoms with E-state index in [-0.39, 0.29) is 24.1 Å². The van der Waals surface area contributed by atoms with Gasteiger partial charge < -0.3 is 20.1 Å². The molecule has 0 saturated carbocycles. The quantitative estimate of drug-likeness (QED) is 0.813. The Morgan fingerprint density at radius 2 is 2.10 bits per heavy atom. The second-order valence-corrected chi connectivity index (χ2v) is 6.83. The minimum absolute atomic E-state index is 0.0781. The van der Waals surface area contributed by atoms with Gasteiger partial charge in [0.05, 0.1) is 18.6 Å². The fourth-order valence-electron chi connectivity index (χ4n) is 2.46. The van der Waals surface area contributed by atoms with Crippen molar-refractivity contribution in [1.82, 2.24) is 10.2 Å². The molecule has 0 radical (unpaired) electrons. The van der Waals surface area contributed by atoms with Gasteiger partial charge in [-0.2, -0.15) is 0 Å². The van der Waals surface area contributed by atoms with Gasteiger partial charge in [0.2, 0.25) is 0 Å². The molecule has 0 aromatic rings. The van der Waals surface area contributed by atoms with E-state index in [0.29, 0.717) is 26.1 Å². The highest BCUT2D eigenvalue weighted by atomic mass is 16.5. The predicted molar refractivity (Wildman–Crippen MR) is 80.2 cm³/mol. The second-order valence-electron chi connectivity index (χ2n) is 6.83. The van der Waals surface area contributed by atoms with Crippen molar-refractivity contribution in [2.45, 2.75) is 46.6 Å². The maximum Gasteiger partial charge on any atom is 0.317 e. The first-order chi connectivity index (χ1) is 9.73. The van der Waals surface area contributed by atoms with Crippen molar-refractivity contribution in [3.63, 3.8) is 0 Å². The first-order valence-corrected chi connectivity index (χ1v) is 7.60. The molecule has 2 amide bonds. The second kappa shape index (κ2) is 7.64. The van der Waals surface area contributed by atoms with E-state index in [1.54, 1.807) is 4.90 Å². The van der Waals surface area contributed by atoms with Gasteiger partial charge in [-0.1, -0.05) is 27.7 Å². The minimum atomic E-state index is -0.862. The van der Waals surface area contributed by atoms with Crippen LogP contribution in [0.3, 0.4) is 0 Å². The zero-order valence-electron chi connectivity index (χ0n) is 13.5. The number of nitrogens with zero attached hydrogens (tertiary/aromatic N) is 1. The molecule has 6 nitrogen and oxygen atoms in total. The summed E-state index contributed by atoms with van der Waals surface area (Å²) in [6.45, 7) is 9.85. The molecule has 122 valence electrons. The van der Waals surface area contributed by atoms with Crippen LogP contribution in [0.1, 0.15) is 40.5 Å². The summed E-state index contributed by atoms with van der Waals surface area (Å²) in [7, 11) is 0. The molecular weight excluding hydrogens is 272 g/mol. The van der Waals surface area contributed by atoms with Crippen molar-refractivity contribution in [1.29, 1.82) is 0 Å². The Bertz CT molecular complexity index is 365. The third kappa shape index (κ3) is 6.33. The van der Waals surface area contributed by atoms with Gasteiger partial charge in [-0.25, -0.2) is 4.79 Å². The highest BCUT2D eigenvalue weighted by molar-refractivity contribution is 5.76. The Kier molecular flexibility index (Phi) is 6.45. The molecule has 1 aliphatic heterocycles. The fourth-order valence-corrected chi connectivity index (χ4v) is 2.46. The first kappa shape index (κ1) is 17.8. The van der Waals surface area contributed by atoms with Gasteiger partial charge in [0, 0.05) is 19.6 Å². The van der Waals surface area contributed by atoms with Crippen LogP contribution >= 0.6 is 0 Å². The van der Waals surface area contributed by atoms with E-state index in [1.165, 1.54) is 0 Å². The van der Waals surface area contributed by atoms with E-state index in [1.807, 2.05) is 27.7 Å². The van der Waals surface area contributed by atoms with Crippen LogP contribution in [-0.4, -0.2) is 54.4 Å². The topological polar surface area (TPSA) is 78.9 Å². The maximum atomic E-state index is 12.1. The van der Waals surface area contributed by atoms with Gasteiger partial charge in [-0.05, 0) is 18.3 Å². The third-order valence-corrected chi connectivity index (χ3v) is 3.59. The number of carboxylic acid groups (broad SMARTS) is 1. The van der Waals surface area contributed by atoms with Gasteiger partial charge in [0.15, 0.2) is 0 Å². The summed E-state index contributed by atoms with van der Waals surface area (Å²) < 4.78 is 5.52. The molecule has 1 rings (SSSR count). The Hall–Kier alpha value is -1.30. The lowest BCUT2D eigenvalue weighted by molar-refractivity contribution is -0.142. The normalized spacial score (nSPS) is 21.0. The molecule has 0 aromatic carbocycles. The van der Waals surface area contributed by atoms with Gasteiger partial charge in [-0.3, -0.25) is 4.79 Å². The van der Waals surface area contributed by atoms with Crippen molar-refractivity contribution in [3.05, 3.63) is 0 Å². The summed E-state index contributed by atoms with van der Waals surface area (Å²) in [5.41, 5.74) is -0.0833. The molecule has 0 spiro atoms. The van der Waals surface area contributed by atoms with Crippen molar-refractivity contribution >= 4 is 12.0 Å². The lowest BCUT2D eigenvalue weighted by atomic mass is 9.84. The molecule has 1 saturated heterocycles. The standard InChI is InChI=1S/C15H28N2O4/c1-5-12-10-17(6-7-21-12)14(20)16-9-11(13(18)19)8-15(2,3)4/h11-12H,5-10H2,1-4H3,(H,16,20)(H,18,19). The van der Waals surface area contributed by atoms with Gasteiger partial charge in [0.1, 0.15) is 0 Å². The number of ether oxygens (including phenoxy) is 1. The SMILES string of the molecule is CCC1CN(C(=O)NCC(CC(C)(C)C)C(=O)O)CCO1. The van der Waals surface area contributed by atoms with Crippen LogP contribution in [-0.2, 0) is 9.53 Å². The summed E-state index contributed by atoms with van der Waals surface area (Å²) in [5.74, 6) is -1.42. The van der Waals surface area contributed by atoms with Crippen LogP contribution in [0.15, 0.2) is 0 Å². The molecule has 1 fully saturated rings. The van der Waals surface area contributed by atoms with E-state index in [4.69, 9.17) is 4.74 Å². The first-order valence-electron chi connectivity index (χ1n) is 7.60. The molecule has 1 aliphatic rings. The highest BCUT2D eigenvalue weighted by Gasteiger charge is 2.27. The molecule has 1 heterocycles. The number of aliphatic carboxylic acids is 1. The number of carbonyl (C=O) groups excluding carboxylic acids is 1. The van der Waals surface area contributed by atoms with E-state index in [9.17, 15) is 14.7 Å². The Morgan fingerprint density at radius 1 is 1.43 bits per heavy atom. The number of amides is 2. The highest BCUT2D eigenvalue weighted by Crippen LogP contribution is 2.24. The smallest absolute Gasteiger partial charge is 0.317 e. The lowest BCUT2D eigenvalue weighted by Crippen LogP contribution is -2.50. The van der Waals surface area contributed by atoms with Crippen molar-refractivity contribution in [2.24, 2.45) is 11.3 Å². The number of rotatable bonds is 5. The fraction of sp³-hybridized carbons (Fsp3) is 0.867. The zero-order valence-corrected chi connectivity index (χ0v) is 13.5. The van der Waals surface area contributed by atoms with Crippen LogP contribution in [0.4, 0.5) is 4.79 Å².